The highest BCUT2D eigenvalue weighted by atomic mass is 32.1. The average Bonchev–Trinajstić information content (AvgIpc) is 3.05. The van der Waals surface area contributed by atoms with Crippen LogP contribution in [0.25, 0.3) is 0 Å². The summed E-state index contributed by atoms with van der Waals surface area (Å²) in [6.07, 6.45) is 1.86. The summed E-state index contributed by atoms with van der Waals surface area (Å²) in [6, 6.07) is 10.2. The molecular formula is C19H27N3OS2. The van der Waals surface area contributed by atoms with Gasteiger partial charge in [-0.1, -0.05) is 12.1 Å². The molecule has 1 unspecified atom stereocenters. The molecule has 0 aliphatic heterocycles. The number of likely N-dealkylation sites (N-methyl/N-ethyl adjacent to an activating group) is 1. The second-order valence-electron chi connectivity index (χ2n) is 6.58. The third kappa shape index (κ3) is 7.02. The largest absolute Gasteiger partial charge is 0.508 e. The maximum atomic E-state index is 9.40. The summed E-state index contributed by atoms with van der Waals surface area (Å²) >= 11 is 7.16. The number of thiophene rings is 1. The molecule has 2 aromatic rings. The molecule has 0 fully saturated rings. The number of hydrogen-bond acceptors (Lipinski definition) is 4. The lowest BCUT2D eigenvalue weighted by molar-refractivity contribution is 0.290. The molecule has 1 aromatic heterocycles. The van der Waals surface area contributed by atoms with Crippen molar-refractivity contribution in [1.82, 2.24) is 15.5 Å². The van der Waals surface area contributed by atoms with Crippen molar-refractivity contribution < 1.29 is 5.11 Å². The van der Waals surface area contributed by atoms with Crippen LogP contribution in [0.3, 0.4) is 0 Å². The molecule has 2 rings (SSSR count). The number of aromatic hydroxyl groups is 1. The van der Waals surface area contributed by atoms with Gasteiger partial charge >= 0.3 is 0 Å². The fourth-order valence-corrected chi connectivity index (χ4v) is 3.61. The highest BCUT2D eigenvalue weighted by Gasteiger charge is 2.13. The third-order valence-corrected chi connectivity index (χ3v) is 5.13. The fraction of sp³-hybridized carbons (Fsp3) is 0.421. The van der Waals surface area contributed by atoms with E-state index in [1.807, 2.05) is 12.1 Å². The van der Waals surface area contributed by atoms with Crippen LogP contribution in [0.15, 0.2) is 41.1 Å². The summed E-state index contributed by atoms with van der Waals surface area (Å²) in [5.74, 6) is 0.299. The first-order valence-electron chi connectivity index (χ1n) is 8.44. The van der Waals surface area contributed by atoms with Crippen molar-refractivity contribution in [3.8, 4) is 5.75 Å². The lowest BCUT2D eigenvalue weighted by atomic mass is 10.1. The van der Waals surface area contributed by atoms with Crippen molar-refractivity contribution in [1.29, 1.82) is 0 Å². The summed E-state index contributed by atoms with van der Waals surface area (Å²) < 4.78 is 0. The van der Waals surface area contributed by atoms with Crippen LogP contribution in [0, 0.1) is 0 Å². The molecule has 136 valence electrons. The van der Waals surface area contributed by atoms with Crippen LogP contribution >= 0.6 is 23.6 Å². The third-order valence-electron chi connectivity index (χ3n) is 4.14. The van der Waals surface area contributed by atoms with Gasteiger partial charge in [0.1, 0.15) is 5.75 Å². The SMILES string of the molecule is C[C@@H](Cc1ccsc1)NC(=S)NCC(Cc1ccc(O)cc1)N(C)C. The summed E-state index contributed by atoms with van der Waals surface area (Å²) in [7, 11) is 4.14. The summed E-state index contributed by atoms with van der Waals surface area (Å²) in [5.41, 5.74) is 2.54. The Morgan fingerprint density at radius 3 is 2.48 bits per heavy atom. The van der Waals surface area contributed by atoms with Crippen LogP contribution in [-0.2, 0) is 12.8 Å². The topological polar surface area (TPSA) is 47.5 Å². The fourth-order valence-electron chi connectivity index (χ4n) is 2.64. The Balaban J connectivity index is 1.79. The Kier molecular flexibility index (Phi) is 7.68. The van der Waals surface area contributed by atoms with E-state index in [-0.39, 0.29) is 0 Å². The maximum absolute atomic E-state index is 9.40. The number of nitrogens with one attached hydrogen (secondary N) is 2. The Morgan fingerprint density at radius 1 is 1.16 bits per heavy atom. The van der Waals surface area contributed by atoms with Gasteiger partial charge in [-0.3, -0.25) is 0 Å². The van der Waals surface area contributed by atoms with Crippen LogP contribution in [0.1, 0.15) is 18.1 Å². The first-order chi connectivity index (χ1) is 11.9. The number of phenols is 1. The van der Waals surface area contributed by atoms with Gasteiger partial charge in [0.2, 0.25) is 0 Å². The molecule has 0 bridgehead atoms. The van der Waals surface area contributed by atoms with E-state index in [2.05, 4.69) is 53.4 Å². The second kappa shape index (κ2) is 9.75. The summed E-state index contributed by atoms with van der Waals surface area (Å²) in [6.45, 7) is 2.91. The molecule has 1 aromatic carbocycles. The Labute approximate surface area is 159 Å². The smallest absolute Gasteiger partial charge is 0.166 e. The molecule has 0 saturated carbocycles. The number of nitrogens with zero attached hydrogens (tertiary/aromatic N) is 1. The minimum Gasteiger partial charge on any atom is -0.508 e. The van der Waals surface area contributed by atoms with E-state index < -0.39 is 0 Å². The first kappa shape index (κ1) is 19.7. The van der Waals surface area contributed by atoms with E-state index in [0.29, 0.717) is 22.9 Å². The monoisotopic (exact) mass is 377 g/mol. The van der Waals surface area contributed by atoms with Crippen molar-refractivity contribution in [2.24, 2.45) is 0 Å². The van der Waals surface area contributed by atoms with Gasteiger partial charge in [-0.15, -0.1) is 0 Å². The number of rotatable bonds is 8. The van der Waals surface area contributed by atoms with Crippen molar-refractivity contribution in [3.05, 3.63) is 52.2 Å². The van der Waals surface area contributed by atoms with Gasteiger partial charge in [0.25, 0.3) is 0 Å². The number of hydrogen-bond donors (Lipinski definition) is 3. The summed E-state index contributed by atoms with van der Waals surface area (Å²) in [5, 5.41) is 21.1. The zero-order valence-electron chi connectivity index (χ0n) is 15.0. The van der Waals surface area contributed by atoms with Gasteiger partial charge in [-0.25, -0.2) is 0 Å². The van der Waals surface area contributed by atoms with Gasteiger partial charge in [-0.2, -0.15) is 11.3 Å². The van der Waals surface area contributed by atoms with Gasteiger partial charge in [0, 0.05) is 18.6 Å². The highest BCUT2D eigenvalue weighted by molar-refractivity contribution is 7.80. The van der Waals surface area contributed by atoms with E-state index in [1.54, 1.807) is 23.5 Å². The van der Waals surface area contributed by atoms with Crippen molar-refractivity contribution in [2.75, 3.05) is 20.6 Å². The van der Waals surface area contributed by atoms with Gasteiger partial charge in [-0.05, 0) is 86.2 Å². The first-order valence-corrected chi connectivity index (χ1v) is 9.79. The standard InChI is InChI=1S/C19H27N3OS2/c1-14(10-16-8-9-25-13-16)21-19(24)20-12-17(22(2)3)11-15-4-6-18(23)7-5-15/h4-9,13-14,17,23H,10-12H2,1-3H3,(H2,20,21,24)/t14-,17?/m0/s1. The zero-order chi connectivity index (χ0) is 18.2. The molecule has 0 aliphatic carbocycles. The zero-order valence-corrected chi connectivity index (χ0v) is 16.7. The van der Waals surface area contributed by atoms with Crippen molar-refractivity contribution in [3.63, 3.8) is 0 Å². The second-order valence-corrected chi connectivity index (χ2v) is 7.77. The van der Waals surface area contributed by atoms with E-state index in [0.717, 1.165) is 19.4 Å². The molecule has 4 nitrogen and oxygen atoms in total. The Morgan fingerprint density at radius 2 is 1.88 bits per heavy atom. The van der Waals surface area contributed by atoms with Crippen LogP contribution < -0.4 is 10.6 Å². The minimum atomic E-state index is 0.296. The normalized spacial score (nSPS) is 13.4. The predicted octanol–water partition coefficient (Wildman–Crippen LogP) is 3.02. The predicted molar refractivity (Wildman–Crippen MR) is 111 cm³/mol. The molecule has 25 heavy (non-hydrogen) atoms. The Hall–Kier alpha value is -1.63. The lowest BCUT2D eigenvalue weighted by Gasteiger charge is -2.26. The summed E-state index contributed by atoms with van der Waals surface area (Å²) in [4.78, 5) is 2.19. The lowest BCUT2D eigenvalue weighted by Crippen LogP contribution is -2.47. The molecule has 0 saturated heterocycles. The van der Waals surface area contributed by atoms with E-state index in [4.69, 9.17) is 12.2 Å². The minimum absolute atomic E-state index is 0.296. The van der Waals surface area contributed by atoms with E-state index >= 15 is 0 Å². The maximum Gasteiger partial charge on any atom is 0.166 e. The van der Waals surface area contributed by atoms with E-state index in [9.17, 15) is 5.11 Å². The molecule has 6 heteroatoms. The van der Waals surface area contributed by atoms with Crippen molar-refractivity contribution >= 4 is 28.7 Å². The van der Waals surface area contributed by atoms with Crippen LogP contribution in [0.2, 0.25) is 0 Å². The molecule has 0 spiro atoms. The molecular weight excluding hydrogens is 350 g/mol. The molecule has 0 aliphatic rings. The molecule has 0 radical (unpaired) electrons. The van der Waals surface area contributed by atoms with Crippen LogP contribution in [-0.4, -0.2) is 47.8 Å². The quantitative estimate of drug-likeness (QED) is 0.618. The molecule has 0 amide bonds. The molecule has 1 heterocycles. The van der Waals surface area contributed by atoms with Gasteiger partial charge in [0.15, 0.2) is 5.11 Å². The molecule has 2 atom stereocenters. The van der Waals surface area contributed by atoms with Crippen molar-refractivity contribution in [2.45, 2.75) is 31.8 Å². The molecule has 3 N–H and O–H groups in total. The van der Waals surface area contributed by atoms with E-state index in [1.165, 1.54) is 11.1 Å². The average molecular weight is 378 g/mol. The van der Waals surface area contributed by atoms with Gasteiger partial charge in [0.05, 0.1) is 0 Å². The van der Waals surface area contributed by atoms with Crippen LogP contribution in [0.5, 0.6) is 5.75 Å². The number of phenolic OH excluding ortho intramolecular Hbond substituents is 1. The number of thiocarbonyl (C=S) groups is 1. The highest BCUT2D eigenvalue weighted by Crippen LogP contribution is 2.12. The van der Waals surface area contributed by atoms with Crippen LogP contribution in [0.4, 0.5) is 0 Å². The Bertz CT molecular complexity index is 641. The number of benzene rings is 1. The van der Waals surface area contributed by atoms with Gasteiger partial charge < -0.3 is 20.6 Å².